The summed E-state index contributed by atoms with van der Waals surface area (Å²) in [7, 11) is -2.80. The van der Waals surface area contributed by atoms with E-state index >= 15 is 0 Å². The number of hydrogen-bond donors (Lipinski definition) is 1. The number of carbonyl (C=O) groups excluding carboxylic acids is 1. The fourth-order valence-corrected chi connectivity index (χ4v) is 6.12. The molecule has 0 aromatic heterocycles. The van der Waals surface area contributed by atoms with Gasteiger partial charge in [0.25, 0.3) is 0 Å². The molecule has 2 atom stereocenters. The number of nitrogens with one attached hydrogen (secondary N) is 1. The second-order valence-electron chi connectivity index (χ2n) is 8.78. The van der Waals surface area contributed by atoms with Gasteiger partial charge in [0.05, 0.1) is 23.6 Å². The number of hydrogen-bond acceptors (Lipinski definition) is 6. The average Bonchev–Trinajstić information content (AvgIpc) is 2.98. The first-order valence-corrected chi connectivity index (χ1v) is 13.7. The molecular formula is C31H28N2O4S. The number of benzene rings is 4. The van der Waals surface area contributed by atoms with E-state index in [0.717, 1.165) is 16.7 Å². The van der Waals surface area contributed by atoms with E-state index in [-0.39, 0.29) is 11.3 Å². The number of sulfone groups is 1. The number of methoxy groups -OCH3 is 1. The Morgan fingerprint density at radius 3 is 1.55 bits per heavy atom. The molecule has 0 unspecified atom stereocenters. The van der Waals surface area contributed by atoms with Crippen molar-refractivity contribution >= 4 is 15.8 Å². The standard InChI is InChI=1S/C31H28N2O4S/c1-37-30(34)29(22-28(23-32)38(35,36)27-20-12-5-13-21-27)33-31(24-14-6-2-7-15-24,25-16-8-3-9-17-25)26-18-10-4-11-19-26/h2-21,28-29,33H,22H2,1H3/t28-,29+/m1/s1. The molecule has 0 aliphatic rings. The number of esters is 1. The van der Waals surface area contributed by atoms with Gasteiger partial charge >= 0.3 is 5.97 Å². The van der Waals surface area contributed by atoms with Crippen LogP contribution >= 0.6 is 0 Å². The Labute approximate surface area is 223 Å². The summed E-state index contributed by atoms with van der Waals surface area (Å²) < 4.78 is 31.9. The van der Waals surface area contributed by atoms with E-state index in [4.69, 9.17) is 4.74 Å². The molecule has 4 aromatic carbocycles. The smallest absolute Gasteiger partial charge is 0.322 e. The van der Waals surface area contributed by atoms with Crippen LogP contribution in [-0.2, 0) is 24.9 Å². The minimum absolute atomic E-state index is 0.0237. The number of rotatable bonds is 10. The predicted octanol–water partition coefficient (Wildman–Crippen LogP) is 4.87. The van der Waals surface area contributed by atoms with Crippen LogP contribution in [0, 0.1) is 11.3 Å². The van der Waals surface area contributed by atoms with Gasteiger partial charge in [-0.1, -0.05) is 109 Å². The van der Waals surface area contributed by atoms with Crippen LogP contribution in [-0.4, -0.2) is 32.8 Å². The van der Waals surface area contributed by atoms with Gasteiger partial charge in [0.1, 0.15) is 6.04 Å². The molecule has 0 heterocycles. The van der Waals surface area contributed by atoms with Crippen LogP contribution in [0.15, 0.2) is 126 Å². The van der Waals surface area contributed by atoms with Crippen LogP contribution in [0.1, 0.15) is 23.1 Å². The lowest BCUT2D eigenvalue weighted by atomic mass is 9.76. The zero-order valence-electron chi connectivity index (χ0n) is 20.9. The highest BCUT2D eigenvalue weighted by Crippen LogP contribution is 2.38. The average molecular weight is 525 g/mol. The van der Waals surface area contributed by atoms with Gasteiger partial charge in [0.15, 0.2) is 15.1 Å². The Balaban J connectivity index is 1.87. The molecule has 0 saturated heterocycles. The van der Waals surface area contributed by atoms with Crippen molar-refractivity contribution in [2.45, 2.75) is 28.1 Å². The van der Waals surface area contributed by atoms with Crippen molar-refractivity contribution in [3.63, 3.8) is 0 Å². The molecule has 0 amide bonds. The van der Waals surface area contributed by atoms with Gasteiger partial charge in [0, 0.05) is 6.42 Å². The summed E-state index contributed by atoms with van der Waals surface area (Å²) in [6, 6.07) is 37.4. The highest BCUT2D eigenvalue weighted by atomic mass is 32.2. The number of ether oxygens (including phenoxy) is 1. The van der Waals surface area contributed by atoms with Crippen molar-refractivity contribution < 1.29 is 17.9 Å². The molecule has 0 aliphatic heterocycles. The molecule has 0 aliphatic carbocycles. The van der Waals surface area contributed by atoms with E-state index in [2.05, 4.69) is 5.32 Å². The fourth-order valence-electron chi connectivity index (χ4n) is 4.67. The topological polar surface area (TPSA) is 96.3 Å². The van der Waals surface area contributed by atoms with Crippen LogP contribution in [0.25, 0.3) is 0 Å². The summed E-state index contributed by atoms with van der Waals surface area (Å²) >= 11 is 0. The van der Waals surface area contributed by atoms with Gasteiger partial charge < -0.3 is 4.74 Å². The summed E-state index contributed by atoms with van der Waals surface area (Å²) in [6.45, 7) is 0. The molecule has 0 radical (unpaired) electrons. The molecular weight excluding hydrogens is 496 g/mol. The van der Waals surface area contributed by atoms with Gasteiger partial charge in [-0.3, -0.25) is 10.1 Å². The second-order valence-corrected chi connectivity index (χ2v) is 10.9. The summed E-state index contributed by atoms with van der Waals surface area (Å²) in [5, 5.41) is 11.9. The highest BCUT2D eigenvalue weighted by Gasteiger charge is 2.42. The fraction of sp³-hybridized carbons (Fsp3) is 0.161. The maximum Gasteiger partial charge on any atom is 0.322 e. The molecule has 4 rings (SSSR count). The first-order chi connectivity index (χ1) is 18.4. The van der Waals surface area contributed by atoms with Gasteiger partial charge in [0.2, 0.25) is 0 Å². The minimum Gasteiger partial charge on any atom is -0.468 e. The van der Waals surface area contributed by atoms with Crippen LogP contribution in [0.5, 0.6) is 0 Å². The zero-order chi connectivity index (χ0) is 27.0. The number of nitrogens with zero attached hydrogens (tertiary/aromatic N) is 1. The third kappa shape index (κ3) is 5.37. The maximum atomic E-state index is 13.4. The molecule has 0 spiro atoms. The molecule has 6 nitrogen and oxygen atoms in total. The van der Waals surface area contributed by atoms with E-state index < -0.39 is 32.6 Å². The molecule has 0 bridgehead atoms. The SMILES string of the molecule is COC(=O)[C@H](C[C@H](C#N)S(=O)(=O)c1ccccc1)NC(c1ccccc1)(c1ccccc1)c1ccccc1. The third-order valence-corrected chi connectivity index (χ3v) is 8.51. The lowest BCUT2D eigenvalue weighted by Gasteiger charge is -2.39. The lowest BCUT2D eigenvalue weighted by Crippen LogP contribution is -2.54. The largest absolute Gasteiger partial charge is 0.468 e. The predicted molar refractivity (Wildman–Crippen MR) is 146 cm³/mol. The van der Waals surface area contributed by atoms with E-state index in [1.165, 1.54) is 19.2 Å². The lowest BCUT2D eigenvalue weighted by molar-refractivity contribution is -0.143. The van der Waals surface area contributed by atoms with Crippen molar-refractivity contribution in [2.24, 2.45) is 0 Å². The molecule has 0 saturated carbocycles. The molecule has 1 N–H and O–H groups in total. The molecule has 4 aromatic rings. The summed E-state index contributed by atoms with van der Waals surface area (Å²) in [5.41, 5.74) is 1.46. The summed E-state index contributed by atoms with van der Waals surface area (Å²) in [6.07, 6.45) is -0.311. The van der Waals surface area contributed by atoms with Crippen LogP contribution in [0.4, 0.5) is 0 Å². The van der Waals surface area contributed by atoms with Crippen LogP contribution < -0.4 is 5.32 Å². The first-order valence-electron chi connectivity index (χ1n) is 12.1. The van der Waals surface area contributed by atoms with Crippen LogP contribution in [0.2, 0.25) is 0 Å². The second kappa shape index (κ2) is 11.9. The Kier molecular flexibility index (Phi) is 8.37. The Morgan fingerprint density at radius 2 is 1.18 bits per heavy atom. The van der Waals surface area contributed by atoms with E-state index in [1.807, 2.05) is 97.1 Å². The van der Waals surface area contributed by atoms with E-state index in [9.17, 15) is 18.5 Å². The van der Waals surface area contributed by atoms with Crippen molar-refractivity contribution in [3.05, 3.63) is 138 Å². The molecule has 7 heteroatoms. The third-order valence-electron chi connectivity index (χ3n) is 6.54. The van der Waals surface area contributed by atoms with Gasteiger partial charge in [-0.25, -0.2) is 8.42 Å². The first kappa shape index (κ1) is 26.8. The zero-order valence-corrected chi connectivity index (χ0v) is 21.7. The molecule has 38 heavy (non-hydrogen) atoms. The van der Waals surface area contributed by atoms with Crippen LogP contribution in [0.3, 0.4) is 0 Å². The number of nitriles is 1. The Hall–Kier alpha value is -4.25. The van der Waals surface area contributed by atoms with Crippen molar-refractivity contribution in [2.75, 3.05) is 7.11 Å². The normalized spacial score (nSPS) is 13.2. The Bertz CT molecular complexity index is 1390. The van der Waals surface area contributed by atoms with Gasteiger partial charge in [-0.2, -0.15) is 5.26 Å². The highest BCUT2D eigenvalue weighted by molar-refractivity contribution is 7.92. The number of carbonyl (C=O) groups is 1. The van der Waals surface area contributed by atoms with E-state index in [1.54, 1.807) is 18.2 Å². The summed E-state index contributed by atoms with van der Waals surface area (Å²) in [4.78, 5) is 13.2. The Morgan fingerprint density at radius 1 is 0.789 bits per heavy atom. The van der Waals surface area contributed by atoms with Crippen molar-refractivity contribution in [1.82, 2.24) is 5.32 Å². The van der Waals surface area contributed by atoms with E-state index in [0.29, 0.717) is 0 Å². The van der Waals surface area contributed by atoms with Gasteiger partial charge in [-0.05, 0) is 28.8 Å². The van der Waals surface area contributed by atoms with Crippen molar-refractivity contribution in [3.8, 4) is 6.07 Å². The van der Waals surface area contributed by atoms with Crippen molar-refractivity contribution in [1.29, 1.82) is 5.26 Å². The molecule has 192 valence electrons. The molecule has 0 fully saturated rings. The quantitative estimate of drug-likeness (QED) is 0.235. The summed E-state index contributed by atoms with van der Waals surface area (Å²) in [5.74, 6) is -0.666. The maximum absolute atomic E-state index is 13.4. The van der Waals surface area contributed by atoms with Gasteiger partial charge in [-0.15, -0.1) is 0 Å². The minimum atomic E-state index is -4.05. The monoisotopic (exact) mass is 524 g/mol.